The van der Waals surface area contributed by atoms with Crippen LogP contribution in [0.3, 0.4) is 0 Å². The minimum atomic E-state index is -0.257. The van der Waals surface area contributed by atoms with E-state index in [2.05, 4.69) is 18.7 Å². The Morgan fingerprint density at radius 1 is 1.53 bits per heavy atom. The lowest BCUT2D eigenvalue weighted by molar-refractivity contribution is -0.0556. The predicted octanol–water partition coefficient (Wildman–Crippen LogP) is 2.07. The second-order valence-electron chi connectivity index (χ2n) is 5.46. The molecule has 5 heteroatoms. The van der Waals surface area contributed by atoms with Gasteiger partial charge in [-0.2, -0.15) is 0 Å². The van der Waals surface area contributed by atoms with Crippen LogP contribution < -0.4 is 5.73 Å². The van der Waals surface area contributed by atoms with Crippen molar-refractivity contribution in [2.75, 3.05) is 19.8 Å². The van der Waals surface area contributed by atoms with Crippen LogP contribution in [0.4, 0.5) is 4.39 Å². The van der Waals surface area contributed by atoms with E-state index >= 15 is 0 Å². The van der Waals surface area contributed by atoms with Crippen LogP contribution in [0.2, 0.25) is 0 Å². The minimum absolute atomic E-state index is 0.0769. The van der Waals surface area contributed by atoms with Crippen LogP contribution in [0.25, 0.3) is 0 Å². The molecule has 2 N–H and O–H groups in total. The molecule has 1 aromatic carbocycles. The molecule has 2 rings (SSSR count). The summed E-state index contributed by atoms with van der Waals surface area (Å²) in [5.74, 6) is -0.257. The van der Waals surface area contributed by atoms with Gasteiger partial charge in [0.25, 0.3) is 0 Å². The number of rotatable bonds is 3. The Bertz CT molecular complexity index is 490. The third-order valence-corrected chi connectivity index (χ3v) is 3.75. The van der Waals surface area contributed by atoms with E-state index in [0.717, 1.165) is 6.54 Å². The van der Waals surface area contributed by atoms with Crippen molar-refractivity contribution in [2.45, 2.75) is 25.9 Å². The number of halogens is 1. The Morgan fingerprint density at radius 2 is 2.26 bits per heavy atom. The number of benzene rings is 1. The van der Waals surface area contributed by atoms with Crippen LogP contribution >= 0.6 is 12.2 Å². The van der Waals surface area contributed by atoms with Gasteiger partial charge in [-0.1, -0.05) is 24.4 Å². The van der Waals surface area contributed by atoms with Gasteiger partial charge in [-0.15, -0.1) is 0 Å². The summed E-state index contributed by atoms with van der Waals surface area (Å²) in [6.45, 7) is 6.94. The minimum Gasteiger partial charge on any atom is -0.389 e. The van der Waals surface area contributed by atoms with Gasteiger partial charge in [0.2, 0.25) is 0 Å². The van der Waals surface area contributed by atoms with Gasteiger partial charge < -0.3 is 10.5 Å². The first-order valence-electron chi connectivity index (χ1n) is 6.31. The summed E-state index contributed by atoms with van der Waals surface area (Å²) in [4.78, 5) is 2.45. The monoisotopic (exact) mass is 282 g/mol. The van der Waals surface area contributed by atoms with Crippen LogP contribution in [0.5, 0.6) is 0 Å². The molecule has 0 radical (unpaired) electrons. The summed E-state index contributed by atoms with van der Waals surface area (Å²) in [6.07, 6.45) is 0. The lowest BCUT2D eigenvalue weighted by atomic mass is 10.0. The number of nitrogens with zero attached hydrogens (tertiary/aromatic N) is 1. The smallest absolute Gasteiger partial charge is 0.128 e. The van der Waals surface area contributed by atoms with E-state index in [0.29, 0.717) is 30.9 Å². The van der Waals surface area contributed by atoms with Crippen LogP contribution in [-0.2, 0) is 11.3 Å². The third-order valence-electron chi connectivity index (χ3n) is 3.52. The molecule has 0 saturated carbocycles. The van der Waals surface area contributed by atoms with E-state index in [4.69, 9.17) is 22.7 Å². The summed E-state index contributed by atoms with van der Waals surface area (Å²) in [7, 11) is 0. The number of hydrogen-bond donors (Lipinski definition) is 1. The van der Waals surface area contributed by atoms with E-state index < -0.39 is 0 Å². The number of hydrogen-bond acceptors (Lipinski definition) is 3. The standard InChI is InChI=1S/C14H19FN2OS/c1-14(2)9-18-6-5-17(14)8-11-4-3-10(13(16)19)7-12(11)15/h3-4,7H,5-6,8-9H2,1-2H3,(H2,16,19). The largest absolute Gasteiger partial charge is 0.389 e. The van der Waals surface area contributed by atoms with Crippen LogP contribution in [0, 0.1) is 5.82 Å². The molecular formula is C14H19FN2OS. The summed E-state index contributed by atoms with van der Waals surface area (Å²) < 4.78 is 19.5. The molecular weight excluding hydrogens is 263 g/mol. The number of thiocarbonyl (C=S) groups is 1. The molecule has 1 heterocycles. The molecule has 19 heavy (non-hydrogen) atoms. The SMILES string of the molecule is CC1(C)COCCN1Cc1ccc(C(N)=S)cc1F. The first-order valence-corrected chi connectivity index (χ1v) is 6.72. The Balaban J connectivity index is 2.17. The number of nitrogens with two attached hydrogens (primary N) is 1. The molecule has 1 aromatic rings. The average Bonchev–Trinajstić information content (AvgIpc) is 2.33. The van der Waals surface area contributed by atoms with E-state index in [-0.39, 0.29) is 16.3 Å². The van der Waals surface area contributed by atoms with Crippen molar-refractivity contribution >= 4 is 17.2 Å². The third kappa shape index (κ3) is 3.29. The Hall–Kier alpha value is -1.04. The van der Waals surface area contributed by atoms with Gasteiger partial charge in [0.05, 0.1) is 13.2 Å². The highest BCUT2D eigenvalue weighted by atomic mass is 32.1. The Morgan fingerprint density at radius 3 is 2.84 bits per heavy atom. The molecule has 0 aliphatic carbocycles. The molecule has 0 atom stereocenters. The van der Waals surface area contributed by atoms with Gasteiger partial charge in [0, 0.05) is 29.8 Å². The van der Waals surface area contributed by atoms with Crippen LogP contribution in [0.1, 0.15) is 25.0 Å². The van der Waals surface area contributed by atoms with E-state index in [1.165, 1.54) is 6.07 Å². The first kappa shape index (κ1) is 14.4. The fourth-order valence-corrected chi connectivity index (χ4v) is 2.35. The van der Waals surface area contributed by atoms with Gasteiger partial charge in [-0.25, -0.2) is 4.39 Å². The molecule has 0 aromatic heterocycles. The summed E-state index contributed by atoms with van der Waals surface area (Å²) >= 11 is 4.85. The van der Waals surface area contributed by atoms with Crippen molar-refractivity contribution in [3.8, 4) is 0 Å². The van der Waals surface area contributed by atoms with Gasteiger partial charge >= 0.3 is 0 Å². The molecule has 0 bridgehead atoms. The van der Waals surface area contributed by atoms with Crippen molar-refractivity contribution in [1.82, 2.24) is 4.90 Å². The number of morpholine rings is 1. The molecule has 1 fully saturated rings. The quantitative estimate of drug-likeness (QED) is 0.861. The zero-order valence-corrected chi connectivity index (χ0v) is 12.1. The van der Waals surface area contributed by atoms with Gasteiger partial charge in [-0.3, -0.25) is 4.90 Å². The molecule has 1 aliphatic heterocycles. The van der Waals surface area contributed by atoms with E-state index in [1.807, 2.05) is 0 Å². The molecule has 1 aliphatic rings. The Kier molecular flexibility index (Phi) is 4.18. The maximum Gasteiger partial charge on any atom is 0.128 e. The zero-order valence-electron chi connectivity index (χ0n) is 11.3. The van der Waals surface area contributed by atoms with Gasteiger partial charge in [-0.05, 0) is 19.9 Å². The zero-order chi connectivity index (χ0) is 14.0. The molecule has 0 unspecified atom stereocenters. The second kappa shape index (κ2) is 5.53. The normalized spacial score (nSPS) is 19.3. The highest BCUT2D eigenvalue weighted by Crippen LogP contribution is 2.23. The topological polar surface area (TPSA) is 38.5 Å². The lowest BCUT2D eigenvalue weighted by Gasteiger charge is -2.42. The van der Waals surface area contributed by atoms with Crippen molar-refractivity contribution in [3.63, 3.8) is 0 Å². The molecule has 0 amide bonds. The predicted molar refractivity (Wildman–Crippen MR) is 77.6 cm³/mol. The summed E-state index contributed by atoms with van der Waals surface area (Å²) in [5.41, 5.74) is 6.65. The molecule has 1 saturated heterocycles. The van der Waals surface area contributed by atoms with E-state index in [9.17, 15) is 4.39 Å². The molecule has 0 spiro atoms. The van der Waals surface area contributed by atoms with Crippen molar-refractivity contribution in [1.29, 1.82) is 0 Å². The van der Waals surface area contributed by atoms with Crippen LogP contribution in [-0.4, -0.2) is 35.2 Å². The van der Waals surface area contributed by atoms with E-state index in [1.54, 1.807) is 12.1 Å². The van der Waals surface area contributed by atoms with Gasteiger partial charge in [0.1, 0.15) is 10.8 Å². The summed E-state index contributed by atoms with van der Waals surface area (Å²) in [5, 5.41) is 0. The Labute approximate surface area is 118 Å². The van der Waals surface area contributed by atoms with Crippen molar-refractivity contribution in [3.05, 3.63) is 35.1 Å². The fourth-order valence-electron chi connectivity index (χ4n) is 2.22. The highest BCUT2D eigenvalue weighted by molar-refractivity contribution is 7.80. The average molecular weight is 282 g/mol. The second-order valence-corrected chi connectivity index (χ2v) is 5.90. The number of ether oxygens (including phenoxy) is 1. The first-order chi connectivity index (χ1) is 8.90. The van der Waals surface area contributed by atoms with Gasteiger partial charge in [0.15, 0.2) is 0 Å². The van der Waals surface area contributed by atoms with Crippen LogP contribution in [0.15, 0.2) is 18.2 Å². The lowest BCUT2D eigenvalue weighted by Crippen LogP contribution is -2.52. The molecule has 3 nitrogen and oxygen atoms in total. The highest BCUT2D eigenvalue weighted by Gasteiger charge is 2.30. The fraction of sp³-hybridized carbons (Fsp3) is 0.500. The maximum atomic E-state index is 14.0. The van der Waals surface area contributed by atoms with Crippen molar-refractivity contribution in [2.24, 2.45) is 5.73 Å². The summed E-state index contributed by atoms with van der Waals surface area (Å²) in [6, 6.07) is 4.94. The van der Waals surface area contributed by atoms with Crippen molar-refractivity contribution < 1.29 is 9.13 Å². The molecule has 104 valence electrons. The maximum absolute atomic E-state index is 14.0.